The predicted octanol–water partition coefficient (Wildman–Crippen LogP) is 2.00. The summed E-state index contributed by atoms with van der Waals surface area (Å²) < 4.78 is 0. The van der Waals surface area contributed by atoms with E-state index in [9.17, 15) is 4.79 Å². The Labute approximate surface area is 85.1 Å². The summed E-state index contributed by atoms with van der Waals surface area (Å²) in [5.74, 6) is 1.92. The molecule has 0 saturated carbocycles. The van der Waals surface area contributed by atoms with Gasteiger partial charge in [-0.15, -0.1) is 0 Å². The van der Waals surface area contributed by atoms with Gasteiger partial charge in [0.2, 0.25) is 5.91 Å². The quantitative estimate of drug-likeness (QED) is 0.681. The molecular weight excluding hydrogens is 182 g/mol. The third kappa shape index (κ3) is 3.59. The summed E-state index contributed by atoms with van der Waals surface area (Å²) in [6, 6.07) is 0. The van der Waals surface area contributed by atoms with Crippen LogP contribution in [0.25, 0.3) is 0 Å². The lowest BCUT2D eigenvalue weighted by Gasteiger charge is -2.31. The van der Waals surface area contributed by atoms with E-state index in [0.29, 0.717) is 23.5 Å². The molecule has 76 valence electrons. The standard InChI is InChI=1S/C10H19NOS/c1-8(2)6-10(12)11-4-5-13-9(3)7-11/h8-9H,4-7H2,1-3H3. The first-order valence-corrected chi connectivity index (χ1v) is 6.04. The number of carbonyl (C=O) groups excluding carboxylic acids is 1. The molecule has 1 aliphatic rings. The smallest absolute Gasteiger partial charge is 0.222 e. The Hall–Kier alpha value is -0.180. The number of amides is 1. The van der Waals surface area contributed by atoms with Crippen molar-refractivity contribution in [3.63, 3.8) is 0 Å². The number of rotatable bonds is 2. The molecule has 1 heterocycles. The van der Waals surface area contributed by atoms with Crippen LogP contribution in [0.3, 0.4) is 0 Å². The SMILES string of the molecule is CC(C)CC(=O)N1CCSC(C)C1. The average Bonchev–Trinajstić information content (AvgIpc) is 2.03. The molecule has 0 spiro atoms. The molecule has 1 rings (SSSR count). The van der Waals surface area contributed by atoms with Gasteiger partial charge in [-0.2, -0.15) is 11.8 Å². The fourth-order valence-corrected chi connectivity index (χ4v) is 2.54. The molecular formula is C10H19NOS. The van der Waals surface area contributed by atoms with Gasteiger partial charge in [-0.25, -0.2) is 0 Å². The van der Waals surface area contributed by atoms with Gasteiger partial charge in [-0.3, -0.25) is 4.79 Å². The second-order valence-electron chi connectivity index (χ2n) is 4.12. The highest BCUT2D eigenvalue weighted by Gasteiger charge is 2.21. The summed E-state index contributed by atoms with van der Waals surface area (Å²) in [4.78, 5) is 13.7. The molecule has 2 nitrogen and oxygen atoms in total. The number of hydrogen-bond acceptors (Lipinski definition) is 2. The van der Waals surface area contributed by atoms with Gasteiger partial charge < -0.3 is 4.90 Å². The molecule has 1 saturated heterocycles. The molecule has 1 aliphatic heterocycles. The Morgan fingerprint density at radius 2 is 2.31 bits per heavy atom. The topological polar surface area (TPSA) is 20.3 Å². The van der Waals surface area contributed by atoms with Gasteiger partial charge >= 0.3 is 0 Å². The minimum atomic E-state index is 0.335. The van der Waals surface area contributed by atoms with Gasteiger partial charge in [0.05, 0.1) is 0 Å². The van der Waals surface area contributed by atoms with E-state index in [-0.39, 0.29) is 0 Å². The van der Waals surface area contributed by atoms with Crippen LogP contribution in [-0.4, -0.2) is 34.9 Å². The van der Waals surface area contributed by atoms with Crippen LogP contribution < -0.4 is 0 Å². The van der Waals surface area contributed by atoms with Crippen molar-refractivity contribution in [3.8, 4) is 0 Å². The molecule has 1 fully saturated rings. The largest absolute Gasteiger partial charge is 0.341 e. The van der Waals surface area contributed by atoms with Crippen molar-refractivity contribution >= 4 is 17.7 Å². The Morgan fingerprint density at radius 3 is 2.85 bits per heavy atom. The molecule has 0 radical (unpaired) electrons. The second-order valence-corrected chi connectivity index (χ2v) is 5.67. The third-order valence-corrected chi connectivity index (χ3v) is 3.31. The third-order valence-electron chi connectivity index (χ3n) is 2.18. The monoisotopic (exact) mass is 201 g/mol. The minimum Gasteiger partial charge on any atom is -0.341 e. The molecule has 0 aromatic rings. The van der Waals surface area contributed by atoms with Crippen LogP contribution in [0.5, 0.6) is 0 Å². The van der Waals surface area contributed by atoms with Gasteiger partial charge in [0, 0.05) is 30.5 Å². The molecule has 1 amide bonds. The maximum atomic E-state index is 11.7. The van der Waals surface area contributed by atoms with Gasteiger partial charge in [0.1, 0.15) is 0 Å². The van der Waals surface area contributed by atoms with Crippen LogP contribution in [0.2, 0.25) is 0 Å². The Bertz CT molecular complexity index is 182. The van der Waals surface area contributed by atoms with Crippen molar-refractivity contribution in [2.45, 2.75) is 32.4 Å². The summed E-state index contributed by atoms with van der Waals surface area (Å²) in [6.07, 6.45) is 0.706. The first-order chi connectivity index (χ1) is 6.09. The van der Waals surface area contributed by atoms with Crippen LogP contribution in [-0.2, 0) is 4.79 Å². The molecule has 1 atom stereocenters. The normalized spacial score (nSPS) is 23.7. The molecule has 0 bridgehead atoms. The Balaban J connectivity index is 2.37. The van der Waals surface area contributed by atoms with Gasteiger partial charge in [0.15, 0.2) is 0 Å². The zero-order valence-electron chi connectivity index (χ0n) is 8.75. The summed E-state index contributed by atoms with van der Waals surface area (Å²) in [6.45, 7) is 8.27. The van der Waals surface area contributed by atoms with Crippen molar-refractivity contribution in [3.05, 3.63) is 0 Å². The molecule has 13 heavy (non-hydrogen) atoms. The van der Waals surface area contributed by atoms with E-state index >= 15 is 0 Å². The Morgan fingerprint density at radius 1 is 1.62 bits per heavy atom. The first-order valence-electron chi connectivity index (χ1n) is 4.99. The van der Waals surface area contributed by atoms with Gasteiger partial charge in [-0.1, -0.05) is 20.8 Å². The van der Waals surface area contributed by atoms with E-state index in [0.717, 1.165) is 18.8 Å². The molecule has 0 aromatic carbocycles. The molecule has 3 heteroatoms. The Kier molecular flexibility index (Phi) is 4.10. The lowest BCUT2D eigenvalue weighted by Crippen LogP contribution is -2.41. The van der Waals surface area contributed by atoms with E-state index in [1.165, 1.54) is 0 Å². The summed E-state index contributed by atoms with van der Waals surface area (Å²) in [5.41, 5.74) is 0. The van der Waals surface area contributed by atoms with E-state index in [1.54, 1.807) is 0 Å². The lowest BCUT2D eigenvalue weighted by molar-refractivity contribution is -0.131. The average molecular weight is 201 g/mol. The molecule has 0 aliphatic carbocycles. The summed E-state index contributed by atoms with van der Waals surface area (Å²) in [7, 11) is 0. The van der Waals surface area contributed by atoms with E-state index < -0.39 is 0 Å². The number of hydrogen-bond donors (Lipinski definition) is 0. The van der Waals surface area contributed by atoms with Crippen LogP contribution >= 0.6 is 11.8 Å². The number of carbonyl (C=O) groups is 1. The van der Waals surface area contributed by atoms with Crippen LogP contribution in [0.1, 0.15) is 27.2 Å². The molecule has 0 aromatic heterocycles. The zero-order valence-corrected chi connectivity index (χ0v) is 9.56. The van der Waals surface area contributed by atoms with Crippen LogP contribution in [0, 0.1) is 5.92 Å². The summed E-state index contributed by atoms with van der Waals surface area (Å²) >= 11 is 1.96. The fourth-order valence-electron chi connectivity index (χ4n) is 1.52. The molecule has 0 N–H and O–H groups in total. The van der Waals surface area contributed by atoms with Crippen LogP contribution in [0.4, 0.5) is 0 Å². The highest BCUT2D eigenvalue weighted by molar-refractivity contribution is 7.99. The van der Waals surface area contributed by atoms with Crippen LogP contribution in [0.15, 0.2) is 0 Å². The minimum absolute atomic E-state index is 0.335. The number of nitrogens with zero attached hydrogens (tertiary/aromatic N) is 1. The van der Waals surface area contributed by atoms with Crippen molar-refractivity contribution in [2.24, 2.45) is 5.92 Å². The van der Waals surface area contributed by atoms with Crippen molar-refractivity contribution in [1.29, 1.82) is 0 Å². The van der Waals surface area contributed by atoms with Crippen molar-refractivity contribution < 1.29 is 4.79 Å². The zero-order chi connectivity index (χ0) is 9.84. The van der Waals surface area contributed by atoms with Crippen molar-refractivity contribution in [2.75, 3.05) is 18.8 Å². The second kappa shape index (κ2) is 4.89. The highest BCUT2D eigenvalue weighted by Crippen LogP contribution is 2.18. The maximum Gasteiger partial charge on any atom is 0.222 e. The fraction of sp³-hybridized carbons (Fsp3) is 0.900. The van der Waals surface area contributed by atoms with E-state index in [4.69, 9.17) is 0 Å². The lowest BCUT2D eigenvalue weighted by atomic mass is 10.1. The number of thioether (sulfide) groups is 1. The summed E-state index contributed by atoms with van der Waals surface area (Å²) in [5, 5.41) is 0.616. The first kappa shape index (κ1) is 10.9. The van der Waals surface area contributed by atoms with Gasteiger partial charge in [0.25, 0.3) is 0 Å². The maximum absolute atomic E-state index is 11.7. The van der Waals surface area contributed by atoms with Crippen molar-refractivity contribution in [1.82, 2.24) is 4.90 Å². The van der Waals surface area contributed by atoms with E-state index in [1.807, 2.05) is 16.7 Å². The predicted molar refractivity (Wildman–Crippen MR) is 58.0 cm³/mol. The molecule has 1 unspecified atom stereocenters. The highest BCUT2D eigenvalue weighted by atomic mass is 32.2. The van der Waals surface area contributed by atoms with Gasteiger partial charge in [-0.05, 0) is 5.92 Å². The van der Waals surface area contributed by atoms with E-state index in [2.05, 4.69) is 20.8 Å².